The van der Waals surface area contributed by atoms with Gasteiger partial charge in [0.05, 0.1) is 5.52 Å². The normalized spacial score (nSPS) is 10.7. The number of carbonyl (C=O) groups excluding carboxylic acids is 1. The van der Waals surface area contributed by atoms with Crippen LogP contribution >= 0.6 is 15.9 Å². The molecule has 1 heterocycles. The van der Waals surface area contributed by atoms with Gasteiger partial charge in [-0.1, -0.05) is 0 Å². The van der Waals surface area contributed by atoms with E-state index >= 15 is 0 Å². The Morgan fingerprint density at radius 3 is 3.00 bits per heavy atom. The van der Waals surface area contributed by atoms with Crippen molar-refractivity contribution in [3.05, 3.63) is 34.4 Å². The molecule has 14 heavy (non-hydrogen) atoms. The van der Waals surface area contributed by atoms with Gasteiger partial charge in [-0.25, -0.2) is 0 Å². The second-order valence-electron chi connectivity index (χ2n) is 3.31. The van der Waals surface area contributed by atoms with Crippen molar-refractivity contribution in [1.82, 2.24) is 4.57 Å². The molecule has 0 aliphatic rings. The molecule has 0 spiro atoms. The fourth-order valence-electron chi connectivity index (χ4n) is 1.66. The number of hydrogen-bond acceptors (Lipinski definition) is 1. The number of rotatable bonds is 2. The summed E-state index contributed by atoms with van der Waals surface area (Å²) in [5, 5.41) is 1.17. The van der Waals surface area contributed by atoms with E-state index in [-0.39, 0.29) is 0 Å². The van der Waals surface area contributed by atoms with Crippen molar-refractivity contribution in [2.24, 2.45) is 7.05 Å². The third-order valence-corrected chi connectivity index (χ3v) is 2.91. The van der Waals surface area contributed by atoms with Crippen LogP contribution in [0.3, 0.4) is 0 Å². The summed E-state index contributed by atoms with van der Waals surface area (Å²) in [6.07, 6.45) is 3.42. The van der Waals surface area contributed by atoms with E-state index in [1.54, 1.807) is 0 Å². The highest BCUT2D eigenvalue weighted by Gasteiger charge is 2.04. The molecule has 0 amide bonds. The molecule has 0 aliphatic carbocycles. The third kappa shape index (κ3) is 1.48. The summed E-state index contributed by atoms with van der Waals surface area (Å²) in [5.74, 6) is 0. The van der Waals surface area contributed by atoms with Crippen LogP contribution in [0.2, 0.25) is 0 Å². The van der Waals surface area contributed by atoms with Crippen LogP contribution in [0.15, 0.2) is 28.9 Å². The minimum Gasteiger partial charge on any atom is -0.350 e. The van der Waals surface area contributed by atoms with E-state index in [1.807, 2.05) is 25.4 Å². The fraction of sp³-hybridized carbons (Fsp3) is 0.182. The Bertz CT molecular complexity index is 487. The molecule has 1 aromatic carbocycles. The Hall–Kier alpha value is -1.09. The predicted molar refractivity (Wildman–Crippen MR) is 60.4 cm³/mol. The maximum atomic E-state index is 10.4. The first-order valence-corrected chi connectivity index (χ1v) is 5.19. The van der Waals surface area contributed by atoms with Crippen molar-refractivity contribution in [3.63, 3.8) is 0 Å². The highest BCUT2D eigenvalue weighted by atomic mass is 79.9. The number of halogens is 1. The monoisotopic (exact) mass is 251 g/mol. The lowest BCUT2D eigenvalue weighted by molar-refractivity contribution is -0.107. The second kappa shape index (κ2) is 3.58. The van der Waals surface area contributed by atoms with Crippen LogP contribution in [0, 0.1) is 0 Å². The van der Waals surface area contributed by atoms with Crippen LogP contribution in [0.5, 0.6) is 0 Å². The van der Waals surface area contributed by atoms with Crippen molar-refractivity contribution >= 4 is 33.1 Å². The zero-order valence-corrected chi connectivity index (χ0v) is 9.41. The van der Waals surface area contributed by atoms with E-state index < -0.39 is 0 Å². The zero-order valence-electron chi connectivity index (χ0n) is 7.83. The van der Waals surface area contributed by atoms with E-state index in [0.717, 1.165) is 16.3 Å². The average molecular weight is 252 g/mol. The van der Waals surface area contributed by atoms with Gasteiger partial charge >= 0.3 is 0 Å². The number of fused-ring (bicyclic) bond motifs is 1. The van der Waals surface area contributed by atoms with Gasteiger partial charge in [-0.05, 0) is 39.7 Å². The SMILES string of the molecule is Cn1ccc2cc(CC=O)cc(Br)c21. The average Bonchev–Trinajstić information content (AvgIpc) is 2.48. The van der Waals surface area contributed by atoms with E-state index in [2.05, 4.69) is 26.6 Å². The molecule has 2 aromatic rings. The number of carbonyl (C=O) groups is 1. The lowest BCUT2D eigenvalue weighted by atomic mass is 10.1. The molecule has 1 aromatic heterocycles. The van der Waals surface area contributed by atoms with E-state index in [0.29, 0.717) is 6.42 Å². The molecule has 0 atom stereocenters. The molecular formula is C11H10BrNO. The molecule has 2 nitrogen and oxygen atoms in total. The molecule has 0 N–H and O–H groups in total. The molecule has 0 radical (unpaired) electrons. The minimum absolute atomic E-state index is 0.476. The van der Waals surface area contributed by atoms with Crippen molar-refractivity contribution in [2.45, 2.75) is 6.42 Å². The van der Waals surface area contributed by atoms with Crippen molar-refractivity contribution in [2.75, 3.05) is 0 Å². The molecule has 0 fully saturated rings. The number of aryl methyl sites for hydroxylation is 1. The van der Waals surface area contributed by atoms with Crippen molar-refractivity contribution in [1.29, 1.82) is 0 Å². The fourth-order valence-corrected chi connectivity index (χ4v) is 2.46. The Morgan fingerprint density at radius 1 is 1.50 bits per heavy atom. The van der Waals surface area contributed by atoms with Gasteiger partial charge < -0.3 is 9.36 Å². The zero-order chi connectivity index (χ0) is 10.1. The van der Waals surface area contributed by atoms with Crippen molar-refractivity contribution < 1.29 is 4.79 Å². The molecular weight excluding hydrogens is 242 g/mol. The lowest BCUT2D eigenvalue weighted by Crippen LogP contribution is -1.89. The number of aromatic nitrogens is 1. The molecule has 0 bridgehead atoms. The van der Waals surface area contributed by atoms with Gasteiger partial charge in [0, 0.05) is 29.5 Å². The van der Waals surface area contributed by atoms with Gasteiger partial charge in [0.1, 0.15) is 6.29 Å². The van der Waals surface area contributed by atoms with E-state index in [1.165, 1.54) is 10.9 Å². The topological polar surface area (TPSA) is 22.0 Å². The van der Waals surface area contributed by atoms with Gasteiger partial charge in [0.15, 0.2) is 0 Å². The minimum atomic E-state index is 0.476. The van der Waals surface area contributed by atoms with Gasteiger partial charge in [0.2, 0.25) is 0 Å². The molecule has 0 saturated carbocycles. The summed E-state index contributed by atoms with van der Waals surface area (Å²) in [4.78, 5) is 10.4. The van der Waals surface area contributed by atoms with Crippen LogP contribution in [0.4, 0.5) is 0 Å². The summed E-state index contributed by atoms with van der Waals surface area (Å²) in [7, 11) is 2.01. The second-order valence-corrected chi connectivity index (χ2v) is 4.17. The van der Waals surface area contributed by atoms with Crippen LogP contribution in [0.25, 0.3) is 10.9 Å². The predicted octanol–water partition coefficient (Wildman–Crippen LogP) is 2.68. The maximum absolute atomic E-state index is 10.4. The first-order valence-electron chi connectivity index (χ1n) is 4.39. The first kappa shape index (κ1) is 9.46. The summed E-state index contributed by atoms with van der Waals surface area (Å²) < 4.78 is 3.10. The van der Waals surface area contributed by atoms with Gasteiger partial charge in [0.25, 0.3) is 0 Å². The molecule has 72 valence electrons. The maximum Gasteiger partial charge on any atom is 0.124 e. The number of benzene rings is 1. The Labute approximate surface area is 90.7 Å². The largest absolute Gasteiger partial charge is 0.350 e. The number of nitrogens with zero attached hydrogens (tertiary/aromatic N) is 1. The van der Waals surface area contributed by atoms with Crippen LogP contribution in [-0.4, -0.2) is 10.9 Å². The number of hydrogen-bond donors (Lipinski definition) is 0. The molecule has 2 rings (SSSR count). The summed E-state index contributed by atoms with van der Waals surface area (Å²) in [5.41, 5.74) is 2.21. The molecule has 0 aliphatic heterocycles. The quantitative estimate of drug-likeness (QED) is 0.753. The molecule has 0 saturated heterocycles. The van der Waals surface area contributed by atoms with Crippen LogP contribution < -0.4 is 0 Å². The van der Waals surface area contributed by atoms with Gasteiger partial charge in [-0.2, -0.15) is 0 Å². The highest BCUT2D eigenvalue weighted by Crippen LogP contribution is 2.26. The van der Waals surface area contributed by atoms with Gasteiger partial charge in [-0.3, -0.25) is 0 Å². The number of aldehydes is 1. The Kier molecular flexibility index (Phi) is 2.42. The highest BCUT2D eigenvalue weighted by molar-refractivity contribution is 9.10. The van der Waals surface area contributed by atoms with E-state index in [4.69, 9.17) is 0 Å². The first-order chi connectivity index (χ1) is 6.72. The summed E-state index contributed by atoms with van der Waals surface area (Å²) in [6, 6.07) is 6.10. The standard InChI is InChI=1S/C11H10BrNO/c1-13-4-2-9-6-8(3-5-14)7-10(12)11(9)13/h2,4-7H,3H2,1H3. The molecule has 3 heteroatoms. The summed E-state index contributed by atoms with van der Waals surface area (Å²) in [6.45, 7) is 0. The molecule has 0 unspecified atom stereocenters. The lowest BCUT2D eigenvalue weighted by Gasteiger charge is -2.02. The van der Waals surface area contributed by atoms with Crippen LogP contribution in [-0.2, 0) is 18.3 Å². The Morgan fingerprint density at radius 2 is 2.29 bits per heavy atom. The van der Waals surface area contributed by atoms with E-state index in [9.17, 15) is 4.79 Å². The van der Waals surface area contributed by atoms with Gasteiger partial charge in [-0.15, -0.1) is 0 Å². The van der Waals surface area contributed by atoms with Crippen molar-refractivity contribution in [3.8, 4) is 0 Å². The Balaban J connectivity index is 2.67. The smallest absolute Gasteiger partial charge is 0.124 e. The summed E-state index contributed by atoms with van der Waals surface area (Å²) >= 11 is 3.51. The van der Waals surface area contributed by atoms with Crippen LogP contribution in [0.1, 0.15) is 5.56 Å². The third-order valence-electron chi connectivity index (χ3n) is 2.30.